The number of carbonyl (C=O) groups is 3. The van der Waals surface area contributed by atoms with E-state index < -0.39 is 0 Å². The molecule has 0 spiro atoms. The molecule has 0 radical (unpaired) electrons. The number of rotatable bonds is 7. The fourth-order valence-corrected chi connectivity index (χ4v) is 2.38. The average molecular weight is 318 g/mol. The molecule has 0 saturated heterocycles. The Labute approximate surface area is 135 Å². The van der Waals surface area contributed by atoms with Gasteiger partial charge in [0.25, 0.3) is 5.91 Å². The highest BCUT2D eigenvalue weighted by atomic mass is 16.5. The van der Waals surface area contributed by atoms with Crippen molar-refractivity contribution in [3.05, 3.63) is 23.8 Å². The predicted molar refractivity (Wildman–Crippen MR) is 86.8 cm³/mol. The van der Waals surface area contributed by atoms with Gasteiger partial charge in [-0.05, 0) is 31.0 Å². The van der Waals surface area contributed by atoms with Crippen LogP contribution in [-0.2, 0) is 9.59 Å². The SMILES string of the molecule is CCCNC(=O)CN1C(=O)COc2ccc(C(=O)CCC)cc21. The minimum Gasteiger partial charge on any atom is -0.482 e. The molecule has 6 heteroatoms. The largest absolute Gasteiger partial charge is 0.482 e. The molecular formula is C17H22N2O4. The van der Waals surface area contributed by atoms with E-state index in [1.807, 2.05) is 13.8 Å². The second kappa shape index (κ2) is 7.76. The minimum atomic E-state index is -0.288. The third-order valence-corrected chi connectivity index (χ3v) is 3.57. The van der Waals surface area contributed by atoms with Gasteiger partial charge >= 0.3 is 0 Å². The fourth-order valence-electron chi connectivity index (χ4n) is 2.38. The third-order valence-electron chi connectivity index (χ3n) is 3.57. The summed E-state index contributed by atoms with van der Waals surface area (Å²) in [6, 6.07) is 5.01. The van der Waals surface area contributed by atoms with E-state index in [1.165, 1.54) is 4.90 Å². The standard InChI is InChI=1S/C17H22N2O4/c1-3-5-14(20)12-6-7-15-13(9-12)19(17(22)11-23-15)10-16(21)18-8-4-2/h6-7,9H,3-5,8,10-11H2,1-2H3,(H,18,21). The Bertz CT molecular complexity index is 613. The minimum absolute atomic E-state index is 0.0173. The van der Waals surface area contributed by atoms with Gasteiger partial charge in [0.1, 0.15) is 12.3 Å². The lowest BCUT2D eigenvalue weighted by Gasteiger charge is -2.29. The Morgan fingerprint density at radius 3 is 2.74 bits per heavy atom. The number of anilines is 1. The number of nitrogens with zero attached hydrogens (tertiary/aromatic N) is 1. The second-order valence-electron chi connectivity index (χ2n) is 5.47. The number of carbonyl (C=O) groups excluding carboxylic acids is 3. The fraction of sp³-hybridized carbons (Fsp3) is 0.471. The Balaban J connectivity index is 2.24. The number of fused-ring (bicyclic) bond motifs is 1. The number of ketones is 1. The van der Waals surface area contributed by atoms with Gasteiger partial charge in [0.05, 0.1) is 5.69 Å². The van der Waals surface area contributed by atoms with Crippen LogP contribution >= 0.6 is 0 Å². The van der Waals surface area contributed by atoms with E-state index in [0.29, 0.717) is 30.0 Å². The van der Waals surface area contributed by atoms with Crippen molar-refractivity contribution in [2.24, 2.45) is 0 Å². The summed E-state index contributed by atoms with van der Waals surface area (Å²) in [6.45, 7) is 4.30. The molecule has 0 aromatic heterocycles. The van der Waals surface area contributed by atoms with Crippen LogP contribution in [0.25, 0.3) is 0 Å². The van der Waals surface area contributed by atoms with Crippen LogP contribution in [0.15, 0.2) is 18.2 Å². The Kier molecular flexibility index (Phi) is 5.73. The lowest BCUT2D eigenvalue weighted by molar-refractivity contribution is -0.125. The molecule has 6 nitrogen and oxygen atoms in total. The normalized spacial score (nSPS) is 13.3. The van der Waals surface area contributed by atoms with E-state index in [1.54, 1.807) is 18.2 Å². The summed E-state index contributed by atoms with van der Waals surface area (Å²) in [5.74, 6) is 0.0206. The monoisotopic (exact) mass is 318 g/mol. The summed E-state index contributed by atoms with van der Waals surface area (Å²) < 4.78 is 5.39. The highest BCUT2D eigenvalue weighted by Crippen LogP contribution is 2.33. The first-order chi connectivity index (χ1) is 11.1. The lowest BCUT2D eigenvalue weighted by Crippen LogP contribution is -2.45. The summed E-state index contributed by atoms with van der Waals surface area (Å²) in [6.07, 6.45) is 2.04. The Morgan fingerprint density at radius 1 is 1.26 bits per heavy atom. The van der Waals surface area contributed by atoms with Gasteiger partial charge in [-0.3, -0.25) is 19.3 Å². The van der Waals surface area contributed by atoms with Crippen LogP contribution in [0.1, 0.15) is 43.5 Å². The molecule has 124 valence electrons. The molecule has 0 saturated carbocycles. The zero-order valence-electron chi connectivity index (χ0n) is 13.6. The van der Waals surface area contributed by atoms with Gasteiger partial charge in [-0.15, -0.1) is 0 Å². The number of hydrogen-bond acceptors (Lipinski definition) is 4. The van der Waals surface area contributed by atoms with E-state index >= 15 is 0 Å². The summed E-state index contributed by atoms with van der Waals surface area (Å²) >= 11 is 0. The summed E-state index contributed by atoms with van der Waals surface area (Å²) in [4.78, 5) is 37.5. The van der Waals surface area contributed by atoms with Gasteiger partial charge in [-0.1, -0.05) is 13.8 Å². The quantitative estimate of drug-likeness (QED) is 0.779. The van der Waals surface area contributed by atoms with Crippen LogP contribution in [0, 0.1) is 0 Å². The van der Waals surface area contributed by atoms with Crippen LogP contribution in [0.2, 0.25) is 0 Å². The van der Waals surface area contributed by atoms with Crippen LogP contribution in [0.3, 0.4) is 0 Å². The van der Waals surface area contributed by atoms with Crippen molar-refractivity contribution in [3.8, 4) is 5.75 Å². The molecule has 23 heavy (non-hydrogen) atoms. The van der Waals surface area contributed by atoms with Crippen LogP contribution in [0.5, 0.6) is 5.75 Å². The number of hydrogen-bond donors (Lipinski definition) is 1. The zero-order chi connectivity index (χ0) is 16.8. The highest BCUT2D eigenvalue weighted by Gasteiger charge is 2.28. The van der Waals surface area contributed by atoms with E-state index in [2.05, 4.69) is 5.32 Å². The average Bonchev–Trinajstić information content (AvgIpc) is 2.55. The van der Waals surface area contributed by atoms with Crippen molar-refractivity contribution < 1.29 is 19.1 Å². The van der Waals surface area contributed by atoms with Crippen molar-refractivity contribution in [2.75, 3.05) is 24.6 Å². The topological polar surface area (TPSA) is 75.7 Å². The molecule has 1 aromatic carbocycles. The third kappa shape index (κ3) is 4.09. The number of nitrogens with one attached hydrogen (secondary N) is 1. The predicted octanol–water partition coefficient (Wildman–Crippen LogP) is 1.92. The number of Topliss-reactive ketones (excluding diaryl/α,β-unsaturated/α-hetero) is 1. The molecule has 0 bridgehead atoms. The maximum absolute atomic E-state index is 12.1. The van der Waals surface area contributed by atoms with Crippen molar-refractivity contribution in [1.82, 2.24) is 5.32 Å². The molecule has 1 aliphatic heterocycles. The molecular weight excluding hydrogens is 296 g/mol. The summed E-state index contributed by atoms with van der Waals surface area (Å²) in [5, 5.41) is 2.75. The maximum atomic E-state index is 12.1. The lowest BCUT2D eigenvalue weighted by atomic mass is 10.0. The second-order valence-corrected chi connectivity index (χ2v) is 5.47. The van der Waals surface area contributed by atoms with E-state index in [4.69, 9.17) is 4.74 Å². The van der Waals surface area contributed by atoms with Gasteiger partial charge in [0.15, 0.2) is 12.4 Å². The van der Waals surface area contributed by atoms with E-state index in [9.17, 15) is 14.4 Å². The van der Waals surface area contributed by atoms with Gasteiger partial charge in [-0.25, -0.2) is 0 Å². The molecule has 0 aliphatic carbocycles. The molecule has 1 N–H and O–H groups in total. The van der Waals surface area contributed by atoms with E-state index in [-0.39, 0.29) is 30.7 Å². The maximum Gasteiger partial charge on any atom is 0.265 e. The smallest absolute Gasteiger partial charge is 0.265 e. The van der Waals surface area contributed by atoms with Crippen molar-refractivity contribution in [1.29, 1.82) is 0 Å². The first-order valence-corrected chi connectivity index (χ1v) is 7.94. The molecule has 0 atom stereocenters. The first-order valence-electron chi connectivity index (χ1n) is 7.94. The highest BCUT2D eigenvalue weighted by molar-refractivity contribution is 6.04. The summed E-state index contributed by atoms with van der Waals surface area (Å²) in [5.41, 5.74) is 1.01. The van der Waals surface area contributed by atoms with Gasteiger partial charge in [0, 0.05) is 18.5 Å². The Morgan fingerprint density at radius 2 is 2.04 bits per heavy atom. The number of amides is 2. The van der Waals surface area contributed by atoms with Gasteiger partial charge in [-0.2, -0.15) is 0 Å². The molecule has 0 unspecified atom stereocenters. The molecule has 2 rings (SSSR count). The molecule has 2 amide bonds. The van der Waals surface area contributed by atoms with Gasteiger partial charge < -0.3 is 10.1 Å². The van der Waals surface area contributed by atoms with Crippen LogP contribution in [-0.4, -0.2) is 37.3 Å². The van der Waals surface area contributed by atoms with Crippen molar-refractivity contribution >= 4 is 23.3 Å². The molecule has 1 aromatic rings. The zero-order valence-corrected chi connectivity index (χ0v) is 13.6. The van der Waals surface area contributed by atoms with E-state index in [0.717, 1.165) is 12.8 Å². The Hall–Kier alpha value is -2.37. The number of ether oxygens (including phenoxy) is 1. The molecule has 1 aliphatic rings. The molecule has 1 heterocycles. The van der Waals surface area contributed by atoms with Gasteiger partial charge in [0.2, 0.25) is 5.91 Å². The summed E-state index contributed by atoms with van der Waals surface area (Å²) in [7, 11) is 0. The molecule has 0 fully saturated rings. The first kappa shape index (κ1) is 17.0. The van der Waals surface area contributed by atoms with Crippen molar-refractivity contribution in [2.45, 2.75) is 33.1 Å². The van der Waals surface area contributed by atoms with Crippen LogP contribution < -0.4 is 15.0 Å². The van der Waals surface area contributed by atoms with Crippen molar-refractivity contribution in [3.63, 3.8) is 0 Å². The number of benzene rings is 1. The van der Waals surface area contributed by atoms with Crippen LogP contribution in [0.4, 0.5) is 5.69 Å².